The van der Waals surface area contributed by atoms with Crippen molar-refractivity contribution >= 4 is 24.0 Å². The average molecular weight is 654 g/mol. The van der Waals surface area contributed by atoms with Gasteiger partial charge in [0.15, 0.2) is 11.9 Å². The quantitative estimate of drug-likeness (QED) is 0.121. The van der Waals surface area contributed by atoms with E-state index in [4.69, 9.17) is 9.47 Å². The van der Waals surface area contributed by atoms with E-state index >= 15 is 0 Å². The average Bonchev–Trinajstić information content (AvgIpc) is 3.30. The molecule has 5 saturated carbocycles. The van der Waals surface area contributed by atoms with Gasteiger partial charge < -0.3 is 14.3 Å². The Hall–Kier alpha value is -2.58. The maximum atomic E-state index is 13.8. The molecule has 9 heteroatoms. The number of rotatable bonds is 8. The molecule has 6 aliphatic rings. The molecule has 0 aliphatic heterocycles. The van der Waals surface area contributed by atoms with Crippen LogP contribution in [-0.2, 0) is 28.7 Å². The maximum absolute atomic E-state index is 13.8. The highest BCUT2D eigenvalue weighted by molar-refractivity contribution is 6.00. The molecule has 0 bridgehead atoms. The molecular weight excluding hydrogens is 598 g/mol. The van der Waals surface area contributed by atoms with Crippen LogP contribution in [-0.4, -0.2) is 47.7 Å². The van der Waals surface area contributed by atoms with E-state index in [0.29, 0.717) is 30.6 Å². The lowest BCUT2D eigenvalue weighted by Crippen LogP contribution is -2.61. The first-order chi connectivity index (χ1) is 22.1. The summed E-state index contributed by atoms with van der Waals surface area (Å²) in [5, 5.41) is 11.9. The Labute approximate surface area is 279 Å². The van der Waals surface area contributed by atoms with Crippen LogP contribution in [0.2, 0.25) is 0 Å². The second-order valence-corrected chi connectivity index (χ2v) is 17.3. The molecule has 6 aliphatic carbocycles. The fourth-order valence-electron chi connectivity index (χ4n) is 12.7. The minimum Gasteiger partial charge on any atom is -0.462 e. The topological polar surface area (TPSA) is 130 Å². The molecule has 260 valence electrons. The van der Waals surface area contributed by atoms with Crippen LogP contribution in [0.3, 0.4) is 0 Å². The van der Waals surface area contributed by atoms with Crippen LogP contribution in [0.1, 0.15) is 113 Å². The molecule has 0 heterocycles. The summed E-state index contributed by atoms with van der Waals surface area (Å²) in [6, 6.07) is 0. The van der Waals surface area contributed by atoms with Gasteiger partial charge in [-0.05, 0) is 121 Å². The Morgan fingerprint density at radius 2 is 1.66 bits per heavy atom. The number of Topliss-reactive ketones (excluding diaryl/α,β-unsaturated/α-hetero) is 1. The van der Waals surface area contributed by atoms with Gasteiger partial charge >= 0.3 is 11.9 Å². The van der Waals surface area contributed by atoms with E-state index in [2.05, 4.69) is 20.8 Å². The van der Waals surface area contributed by atoms with Crippen molar-refractivity contribution in [2.45, 2.75) is 125 Å². The van der Waals surface area contributed by atoms with E-state index in [9.17, 15) is 29.3 Å². The molecule has 0 spiro atoms. The predicted octanol–water partition coefficient (Wildman–Crippen LogP) is 6.78. The Kier molecular flexibility index (Phi) is 8.81. The van der Waals surface area contributed by atoms with E-state index in [1.54, 1.807) is 0 Å². The summed E-state index contributed by atoms with van der Waals surface area (Å²) in [5.74, 6) is 0.925. The van der Waals surface area contributed by atoms with Gasteiger partial charge in [-0.15, -0.1) is 0 Å². The number of ketones is 1. The van der Waals surface area contributed by atoms with Gasteiger partial charge in [0, 0.05) is 29.6 Å². The Morgan fingerprint density at radius 3 is 2.28 bits per heavy atom. The summed E-state index contributed by atoms with van der Waals surface area (Å²) in [4.78, 5) is 61.9. The van der Waals surface area contributed by atoms with E-state index < -0.39 is 29.0 Å². The van der Waals surface area contributed by atoms with Gasteiger partial charge in [-0.3, -0.25) is 24.5 Å². The van der Waals surface area contributed by atoms with Gasteiger partial charge in [-0.25, -0.2) is 0 Å². The van der Waals surface area contributed by atoms with Crippen molar-refractivity contribution in [3.8, 4) is 0 Å². The zero-order valence-electron chi connectivity index (χ0n) is 29.4. The van der Waals surface area contributed by atoms with Crippen molar-refractivity contribution in [1.82, 2.24) is 0 Å². The number of hydrogen-bond acceptors (Lipinski definition) is 8. The van der Waals surface area contributed by atoms with E-state index in [1.165, 1.54) is 6.92 Å². The monoisotopic (exact) mass is 653 g/mol. The lowest BCUT2D eigenvalue weighted by atomic mass is 9.38. The van der Waals surface area contributed by atoms with E-state index in [1.807, 2.05) is 20.8 Å². The number of hydrogen-bond donors (Lipinski definition) is 0. The number of aldehydes is 1. The van der Waals surface area contributed by atoms with Crippen LogP contribution >= 0.6 is 0 Å². The van der Waals surface area contributed by atoms with Gasteiger partial charge in [-0.1, -0.05) is 41.5 Å². The fourth-order valence-corrected chi connectivity index (χ4v) is 12.7. The minimum atomic E-state index is -0.948. The van der Waals surface area contributed by atoms with Crippen LogP contribution in [0, 0.1) is 79.6 Å². The van der Waals surface area contributed by atoms with Crippen LogP contribution < -0.4 is 0 Å². The number of esters is 2. The van der Waals surface area contributed by atoms with Crippen molar-refractivity contribution < 1.29 is 33.6 Å². The minimum absolute atomic E-state index is 0.00317. The van der Waals surface area contributed by atoms with Gasteiger partial charge in [0.05, 0.1) is 5.92 Å². The number of nitro groups is 1. The molecule has 0 amide bonds. The molecule has 9 nitrogen and oxygen atoms in total. The highest BCUT2D eigenvalue weighted by Crippen LogP contribution is 2.72. The Balaban J connectivity index is 1.27. The van der Waals surface area contributed by atoms with Crippen molar-refractivity contribution in [2.75, 3.05) is 6.54 Å². The maximum Gasteiger partial charge on any atom is 0.309 e. The smallest absolute Gasteiger partial charge is 0.309 e. The Morgan fingerprint density at radius 1 is 1.00 bits per heavy atom. The van der Waals surface area contributed by atoms with E-state index in [0.717, 1.165) is 62.4 Å². The number of nitrogens with zero attached hydrogens (tertiary/aromatic N) is 1. The zero-order valence-corrected chi connectivity index (χ0v) is 29.4. The zero-order chi connectivity index (χ0) is 34.2. The van der Waals surface area contributed by atoms with Crippen molar-refractivity contribution in [1.29, 1.82) is 0 Å². The molecule has 0 radical (unpaired) electrons. The second kappa shape index (κ2) is 12.1. The number of carbonyl (C=O) groups is 4. The second-order valence-electron chi connectivity index (χ2n) is 17.3. The number of allylic oxidation sites excluding steroid dienone is 1. The largest absolute Gasteiger partial charge is 0.462 e. The molecule has 13 atom stereocenters. The highest BCUT2D eigenvalue weighted by atomic mass is 16.6. The van der Waals surface area contributed by atoms with Crippen LogP contribution in [0.5, 0.6) is 0 Å². The molecule has 0 aromatic heterocycles. The lowest BCUT2D eigenvalue weighted by Gasteiger charge is -2.67. The number of ether oxygens (including phenoxy) is 2. The normalized spacial score (nSPS) is 44.7. The molecular formula is C38H55NO8. The first kappa shape index (κ1) is 34.3. The summed E-state index contributed by atoms with van der Waals surface area (Å²) in [6.07, 6.45) is 8.17. The number of fused-ring (bicyclic) bond motifs is 7. The van der Waals surface area contributed by atoms with Gasteiger partial charge in [0.1, 0.15) is 12.4 Å². The Bertz CT molecular complexity index is 1350. The highest BCUT2D eigenvalue weighted by Gasteiger charge is 2.67. The van der Waals surface area contributed by atoms with Gasteiger partial charge in [0.25, 0.3) is 0 Å². The molecule has 0 saturated heterocycles. The molecule has 47 heavy (non-hydrogen) atoms. The van der Waals surface area contributed by atoms with E-state index in [-0.39, 0.29) is 70.6 Å². The summed E-state index contributed by atoms with van der Waals surface area (Å²) in [7, 11) is 0. The first-order valence-corrected chi connectivity index (χ1v) is 18.3. The van der Waals surface area contributed by atoms with Crippen molar-refractivity contribution in [3.63, 3.8) is 0 Å². The van der Waals surface area contributed by atoms with Crippen molar-refractivity contribution in [2.24, 2.45) is 69.5 Å². The molecule has 0 N–H and O–H groups in total. The molecule has 5 fully saturated rings. The fraction of sp³-hybridized carbons (Fsp3) is 0.842. The van der Waals surface area contributed by atoms with Gasteiger partial charge in [0.2, 0.25) is 6.54 Å². The molecule has 0 aromatic carbocycles. The summed E-state index contributed by atoms with van der Waals surface area (Å²) < 4.78 is 12.0. The summed E-state index contributed by atoms with van der Waals surface area (Å²) in [6.45, 7) is 14.1. The van der Waals surface area contributed by atoms with Crippen LogP contribution in [0.15, 0.2) is 11.1 Å². The third-order valence-corrected chi connectivity index (χ3v) is 15.0. The summed E-state index contributed by atoms with van der Waals surface area (Å²) >= 11 is 0. The third-order valence-electron chi connectivity index (χ3n) is 15.0. The van der Waals surface area contributed by atoms with Crippen LogP contribution in [0.25, 0.3) is 0 Å². The van der Waals surface area contributed by atoms with Gasteiger partial charge in [-0.2, -0.15) is 0 Å². The standard InChI is InChI=1S/C38H55NO8/c1-20(2)33-29(42)17-38(32(18-39(44)45)46-23(5)41)15-11-28-25(34(33)38)8-9-31-36(6)14-12-30(22(4)27(36)10-13-37(28,31)7)47-35(43)26-16-24(19-40)21(26)3/h19-22,24-28,30-32H,8-18H2,1-7H3. The lowest BCUT2D eigenvalue weighted by molar-refractivity contribution is -0.494. The SMILES string of the molecule is CC(=O)OC(C[N+](=O)[O-])C12CCC3C(CCC4C3(C)CCC3C(C)C(OC(=O)C5CC(C=O)C5C)CCC34C)C1=C(C(C)C)C(=O)C2. The molecule has 6 rings (SSSR count). The first-order valence-electron chi connectivity index (χ1n) is 18.3. The van der Waals surface area contributed by atoms with Crippen LogP contribution in [0.4, 0.5) is 0 Å². The van der Waals surface area contributed by atoms with Crippen molar-refractivity contribution in [3.05, 3.63) is 21.3 Å². The number of carbonyl (C=O) groups excluding carboxylic acids is 4. The summed E-state index contributed by atoms with van der Waals surface area (Å²) in [5.41, 5.74) is 1.27. The third kappa shape index (κ3) is 5.22. The predicted molar refractivity (Wildman–Crippen MR) is 174 cm³/mol. The molecule has 0 aromatic rings. The molecule has 13 unspecified atom stereocenters.